The van der Waals surface area contributed by atoms with Gasteiger partial charge in [-0.15, -0.1) is 0 Å². The number of rotatable bonds is 15. The molecular weight excluding hydrogens is 405 g/mol. The first kappa shape index (κ1) is 20.7. The molecule has 0 nitrogen and oxygen atoms in total. The Morgan fingerprint density at radius 3 is 1.00 bits per heavy atom. The fourth-order valence-corrected chi connectivity index (χ4v) is 11.4. The van der Waals surface area contributed by atoms with Crippen LogP contribution in [0.2, 0.25) is 13.3 Å². The zero-order valence-corrected chi connectivity index (χ0v) is 17.4. The number of halogens is 3. The van der Waals surface area contributed by atoms with E-state index in [0.29, 0.717) is 0 Å². The summed E-state index contributed by atoms with van der Waals surface area (Å²) < 4.78 is 4.75. The van der Waals surface area contributed by atoms with Gasteiger partial charge < -0.3 is 0 Å². The van der Waals surface area contributed by atoms with Gasteiger partial charge in [0.25, 0.3) is 0 Å². The zero-order chi connectivity index (χ0) is 14.2. The molecule has 0 unspecified atom stereocenters. The summed E-state index contributed by atoms with van der Waals surface area (Å²) in [4.78, 5) is 0. The Morgan fingerprint density at radius 1 is 0.421 bits per heavy atom. The molecule has 0 N–H and O–H groups in total. The Kier molecular flexibility index (Phi) is 19.3. The number of hydrogen-bond acceptors (Lipinski definition) is 0. The fraction of sp³-hybridized carbons (Fsp3) is 1.00. The van der Waals surface area contributed by atoms with E-state index >= 15 is 0 Å². The molecule has 0 fully saturated rings. The molecule has 0 aliphatic rings. The van der Waals surface area contributed by atoms with Gasteiger partial charge in [-0.2, -0.15) is 0 Å². The Balaban J connectivity index is 3.66. The Bertz CT molecular complexity index is 139. The van der Waals surface area contributed by atoms with Gasteiger partial charge in [0.05, 0.1) is 0 Å². The van der Waals surface area contributed by atoms with Gasteiger partial charge in [0.2, 0.25) is 0 Å². The summed E-state index contributed by atoms with van der Waals surface area (Å²) >= 11 is 16.2. The van der Waals surface area contributed by atoms with Gasteiger partial charge in [-0.25, -0.2) is 0 Å². The summed E-state index contributed by atoms with van der Waals surface area (Å²) in [7, 11) is 0. The molecule has 0 heterocycles. The van der Waals surface area contributed by atoms with Gasteiger partial charge >= 0.3 is 143 Å². The Labute approximate surface area is 142 Å². The number of alkyl halides is 3. The summed E-state index contributed by atoms with van der Waals surface area (Å²) in [5.41, 5.74) is 0. The maximum atomic E-state index is 5.74. The van der Waals surface area contributed by atoms with E-state index < -0.39 is 19.8 Å². The van der Waals surface area contributed by atoms with E-state index in [-0.39, 0.29) is 0 Å². The van der Waals surface area contributed by atoms with Gasteiger partial charge in [-0.3, -0.25) is 0 Å². The van der Waals surface area contributed by atoms with Crippen molar-refractivity contribution in [3.05, 3.63) is 0 Å². The standard InChI is InChI=1S/3C5H10Cl.Sn/c3*1-2-3-4-5-6;/h3*1-5H2;. The zero-order valence-electron chi connectivity index (χ0n) is 12.2. The van der Waals surface area contributed by atoms with Gasteiger partial charge in [0.15, 0.2) is 0 Å². The van der Waals surface area contributed by atoms with Crippen molar-refractivity contribution in [3.8, 4) is 0 Å². The summed E-state index contributed by atoms with van der Waals surface area (Å²) in [5.74, 6) is 2.51. The molecule has 0 saturated carbocycles. The van der Waals surface area contributed by atoms with Crippen LogP contribution in [-0.4, -0.2) is 37.4 Å². The second kappa shape index (κ2) is 17.7. The van der Waals surface area contributed by atoms with Gasteiger partial charge in [0.1, 0.15) is 0 Å². The van der Waals surface area contributed by atoms with Crippen molar-refractivity contribution < 1.29 is 0 Å². The average molecular weight is 435 g/mol. The van der Waals surface area contributed by atoms with Crippen LogP contribution in [0.15, 0.2) is 0 Å². The fourth-order valence-electron chi connectivity index (χ4n) is 2.31. The van der Waals surface area contributed by atoms with Gasteiger partial charge in [-0.05, 0) is 0 Å². The van der Waals surface area contributed by atoms with Crippen LogP contribution in [0.4, 0.5) is 0 Å². The molecule has 0 aliphatic carbocycles. The molecule has 0 rings (SSSR count). The van der Waals surface area contributed by atoms with E-state index in [1.807, 2.05) is 0 Å². The third kappa shape index (κ3) is 15.9. The second-order valence-corrected chi connectivity index (χ2v) is 14.9. The van der Waals surface area contributed by atoms with E-state index in [1.54, 1.807) is 13.3 Å². The van der Waals surface area contributed by atoms with Crippen LogP contribution >= 0.6 is 34.8 Å². The first-order valence-corrected chi connectivity index (χ1v) is 15.5. The summed E-state index contributed by atoms with van der Waals surface area (Å²) in [6.07, 6.45) is 12.0. The molecule has 0 bridgehead atoms. The van der Waals surface area contributed by atoms with Crippen molar-refractivity contribution in [2.24, 2.45) is 0 Å². The minimum absolute atomic E-state index is 0.837. The van der Waals surface area contributed by atoms with E-state index in [4.69, 9.17) is 34.8 Å². The Morgan fingerprint density at radius 2 is 0.737 bits per heavy atom. The van der Waals surface area contributed by atoms with Crippen LogP contribution in [0.25, 0.3) is 0 Å². The first-order chi connectivity index (χ1) is 9.35. The SMILES string of the molecule is ClCCCC[CH2][Sn]([CH2]CCCCCl)[CH2]CCCCCl. The molecule has 4 heteroatoms. The van der Waals surface area contributed by atoms with Crippen LogP contribution < -0.4 is 0 Å². The summed E-state index contributed by atoms with van der Waals surface area (Å²) in [6.45, 7) is 0. The molecule has 0 aromatic heterocycles. The van der Waals surface area contributed by atoms with Crippen LogP contribution in [0.1, 0.15) is 57.8 Å². The topological polar surface area (TPSA) is 0 Å². The third-order valence-corrected chi connectivity index (χ3v) is 13.4. The van der Waals surface area contributed by atoms with E-state index in [0.717, 1.165) is 17.6 Å². The molecule has 0 aliphatic heterocycles. The van der Waals surface area contributed by atoms with E-state index in [1.165, 1.54) is 57.8 Å². The molecule has 0 atom stereocenters. The molecule has 0 spiro atoms. The monoisotopic (exact) mass is 435 g/mol. The minimum atomic E-state index is -1.08. The molecule has 0 aromatic carbocycles. The van der Waals surface area contributed by atoms with Crippen LogP contribution in [0.5, 0.6) is 0 Å². The van der Waals surface area contributed by atoms with Gasteiger partial charge in [0, 0.05) is 0 Å². The van der Waals surface area contributed by atoms with Crippen molar-refractivity contribution in [1.29, 1.82) is 0 Å². The molecule has 0 amide bonds. The third-order valence-electron chi connectivity index (χ3n) is 3.49. The summed E-state index contributed by atoms with van der Waals surface area (Å²) in [6, 6.07) is 0. The quantitative estimate of drug-likeness (QED) is 0.152. The molecular formula is C15H30Cl3Sn. The predicted octanol–water partition coefficient (Wildman–Crippen LogP) is 6.71. The molecule has 19 heavy (non-hydrogen) atoms. The Hall–Kier alpha value is 1.67. The maximum absolute atomic E-state index is 5.74. The van der Waals surface area contributed by atoms with Crippen molar-refractivity contribution in [2.45, 2.75) is 71.1 Å². The van der Waals surface area contributed by atoms with E-state index in [9.17, 15) is 0 Å². The summed E-state index contributed by atoms with van der Waals surface area (Å²) in [5, 5.41) is 0. The molecule has 115 valence electrons. The van der Waals surface area contributed by atoms with Crippen molar-refractivity contribution >= 4 is 54.6 Å². The molecule has 1 radical (unpaired) electrons. The number of hydrogen-bond donors (Lipinski definition) is 0. The molecule has 0 aromatic rings. The van der Waals surface area contributed by atoms with Gasteiger partial charge in [-0.1, -0.05) is 0 Å². The first-order valence-electron chi connectivity index (χ1n) is 7.86. The average Bonchev–Trinajstić information content (AvgIpc) is 2.43. The second-order valence-electron chi connectivity index (χ2n) is 5.25. The van der Waals surface area contributed by atoms with Crippen LogP contribution in [0.3, 0.4) is 0 Å². The van der Waals surface area contributed by atoms with E-state index in [2.05, 4.69) is 0 Å². The normalized spacial score (nSPS) is 11.4. The predicted molar refractivity (Wildman–Crippen MR) is 93.9 cm³/mol. The van der Waals surface area contributed by atoms with Crippen LogP contribution in [0, 0.1) is 0 Å². The van der Waals surface area contributed by atoms with Crippen molar-refractivity contribution in [1.82, 2.24) is 0 Å². The van der Waals surface area contributed by atoms with Crippen molar-refractivity contribution in [2.75, 3.05) is 17.6 Å². The van der Waals surface area contributed by atoms with Crippen molar-refractivity contribution in [3.63, 3.8) is 0 Å². The molecule has 0 saturated heterocycles. The number of unbranched alkanes of at least 4 members (excludes halogenated alkanes) is 6. The van der Waals surface area contributed by atoms with Crippen LogP contribution in [-0.2, 0) is 0 Å².